The first kappa shape index (κ1) is 9.04. The number of rotatable bonds is 3. The molecule has 0 amide bonds. The molecule has 0 unspecified atom stereocenters. The fourth-order valence-corrected chi connectivity index (χ4v) is 1.06. The van der Waals surface area contributed by atoms with Crippen LogP contribution in [0.15, 0.2) is 16.5 Å². The molecule has 0 bridgehead atoms. The van der Waals surface area contributed by atoms with Crippen LogP contribution in [0.3, 0.4) is 0 Å². The Kier molecular flexibility index (Phi) is 2.69. The molecule has 12 heavy (non-hydrogen) atoms. The zero-order valence-corrected chi connectivity index (χ0v) is 7.76. The first-order chi connectivity index (χ1) is 5.59. The van der Waals surface area contributed by atoms with E-state index in [9.17, 15) is 4.79 Å². The lowest BCUT2D eigenvalue weighted by Gasteiger charge is -1.99. The Hall–Kier alpha value is -1.05. The van der Waals surface area contributed by atoms with Crippen LogP contribution in [0.1, 0.15) is 36.6 Å². The highest BCUT2D eigenvalue weighted by Gasteiger charge is 2.11. The van der Waals surface area contributed by atoms with Crippen LogP contribution in [-0.2, 0) is 0 Å². The summed E-state index contributed by atoms with van der Waals surface area (Å²) in [6.45, 7) is 5.88. The number of carbonyl (C=O) groups excluding carboxylic acids is 1. The molecule has 0 spiro atoms. The van der Waals surface area contributed by atoms with Gasteiger partial charge < -0.3 is 4.42 Å². The highest BCUT2D eigenvalue weighted by molar-refractivity contribution is 5.93. The second kappa shape index (κ2) is 3.57. The molecule has 0 radical (unpaired) electrons. The average molecular weight is 166 g/mol. The number of hydrogen-bond donors (Lipinski definition) is 0. The maximum Gasteiger partial charge on any atom is 0.198 e. The molecular formula is C10H14O2. The molecule has 0 atom stereocenters. The average Bonchev–Trinajstić information content (AvgIpc) is 2.34. The number of ketones is 1. The highest BCUT2D eigenvalue weighted by Crippen LogP contribution is 2.12. The van der Waals surface area contributed by atoms with E-state index in [1.165, 1.54) is 0 Å². The summed E-state index contributed by atoms with van der Waals surface area (Å²) >= 11 is 0. The lowest BCUT2D eigenvalue weighted by atomic mass is 10.1. The van der Waals surface area contributed by atoms with Gasteiger partial charge in [0.15, 0.2) is 11.5 Å². The SMILES string of the molecule is Cc1ccc(C(=O)CC(C)C)o1. The standard InChI is InChI=1S/C10H14O2/c1-7(2)6-9(11)10-5-4-8(3)12-10/h4-5,7H,6H2,1-3H3. The molecule has 0 saturated carbocycles. The zero-order chi connectivity index (χ0) is 9.14. The van der Waals surface area contributed by atoms with Crippen LogP contribution in [0.4, 0.5) is 0 Å². The van der Waals surface area contributed by atoms with Gasteiger partial charge in [0.25, 0.3) is 0 Å². The van der Waals surface area contributed by atoms with Crippen LogP contribution in [-0.4, -0.2) is 5.78 Å². The van der Waals surface area contributed by atoms with Crippen LogP contribution in [0, 0.1) is 12.8 Å². The summed E-state index contributed by atoms with van der Waals surface area (Å²) in [4.78, 5) is 11.4. The second-order valence-electron chi connectivity index (χ2n) is 3.43. The summed E-state index contributed by atoms with van der Waals surface area (Å²) in [5.41, 5.74) is 0. The van der Waals surface area contributed by atoms with Crippen molar-refractivity contribution in [3.63, 3.8) is 0 Å². The van der Waals surface area contributed by atoms with Gasteiger partial charge in [0.05, 0.1) is 0 Å². The monoisotopic (exact) mass is 166 g/mol. The van der Waals surface area contributed by atoms with Crippen molar-refractivity contribution in [2.24, 2.45) is 5.92 Å². The third-order valence-corrected chi connectivity index (χ3v) is 1.61. The van der Waals surface area contributed by atoms with Gasteiger partial charge in [-0.25, -0.2) is 0 Å². The van der Waals surface area contributed by atoms with Crippen LogP contribution in [0.2, 0.25) is 0 Å². The molecule has 0 aliphatic rings. The minimum atomic E-state index is 0.0955. The normalized spacial score (nSPS) is 10.7. The van der Waals surface area contributed by atoms with E-state index in [0.717, 1.165) is 5.76 Å². The van der Waals surface area contributed by atoms with Crippen molar-refractivity contribution >= 4 is 5.78 Å². The number of aryl methyl sites for hydroxylation is 1. The van der Waals surface area contributed by atoms with Gasteiger partial charge in [0.2, 0.25) is 0 Å². The molecule has 0 aliphatic carbocycles. The molecule has 0 N–H and O–H groups in total. The maximum atomic E-state index is 11.4. The lowest BCUT2D eigenvalue weighted by Crippen LogP contribution is -2.01. The summed E-state index contributed by atoms with van der Waals surface area (Å²) in [6.07, 6.45) is 0.562. The molecule has 0 saturated heterocycles. The van der Waals surface area contributed by atoms with Gasteiger partial charge in [-0.05, 0) is 25.0 Å². The van der Waals surface area contributed by atoms with Gasteiger partial charge in [-0.3, -0.25) is 4.79 Å². The van der Waals surface area contributed by atoms with Crippen LogP contribution in [0.25, 0.3) is 0 Å². The Morgan fingerprint density at radius 2 is 2.17 bits per heavy atom. The molecule has 2 nitrogen and oxygen atoms in total. The molecule has 66 valence electrons. The zero-order valence-electron chi connectivity index (χ0n) is 7.76. The Labute approximate surface area is 72.6 Å². The Bertz CT molecular complexity index is 271. The quantitative estimate of drug-likeness (QED) is 0.646. The van der Waals surface area contributed by atoms with E-state index >= 15 is 0 Å². The van der Waals surface area contributed by atoms with Gasteiger partial charge in [0, 0.05) is 6.42 Å². The van der Waals surface area contributed by atoms with E-state index in [2.05, 4.69) is 0 Å². The predicted molar refractivity (Wildman–Crippen MR) is 47.2 cm³/mol. The van der Waals surface area contributed by atoms with Gasteiger partial charge in [0.1, 0.15) is 5.76 Å². The van der Waals surface area contributed by atoms with Crippen molar-refractivity contribution in [2.75, 3.05) is 0 Å². The summed E-state index contributed by atoms with van der Waals surface area (Å²) in [5, 5.41) is 0. The topological polar surface area (TPSA) is 30.2 Å². The Balaban J connectivity index is 2.65. The van der Waals surface area contributed by atoms with Crippen molar-refractivity contribution < 1.29 is 9.21 Å². The maximum absolute atomic E-state index is 11.4. The third-order valence-electron chi connectivity index (χ3n) is 1.61. The van der Waals surface area contributed by atoms with E-state index in [0.29, 0.717) is 18.1 Å². The van der Waals surface area contributed by atoms with Crippen molar-refractivity contribution in [3.05, 3.63) is 23.7 Å². The summed E-state index contributed by atoms with van der Waals surface area (Å²) < 4.78 is 5.20. The summed E-state index contributed by atoms with van der Waals surface area (Å²) in [5.74, 6) is 1.77. The molecular weight excluding hydrogens is 152 g/mol. The van der Waals surface area contributed by atoms with Crippen LogP contribution in [0.5, 0.6) is 0 Å². The van der Waals surface area contributed by atoms with Crippen molar-refractivity contribution in [2.45, 2.75) is 27.2 Å². The predicted octanol–water partition coefficient (Wildman–Crippen LogP) is 2.82. The van der Waals surface area contributed by atoms with Crippen molar-refractivity contribution in [1.29, 1.82) is 0 Å². The smallest absolute Gasteiger partial charge is 0.198 e. The van der Waals surface area contributed by atoms with Crippen LogP contribution < -0.4 is 0 Å². The van der Waals surface area contributed by atoms with E-state index in [4.69, 9.17) is 4.42 Å². The van der Waals surface area contributed by atoms with Gasteiger partial charge in [-0.15, -0.1) is 0 Å². The summed E-state index contributed by atoms with van der Waals surface area (Å²) in [7, 11) is 0. The molecule has 1 rings (SSSR count). The minimum Gasteiger partial charge on any atom is -0.458 e. The van der Waals surface area contributed by atoms with E-state index in [1.807, 2.05) is 26.8 Å². The van der Waals surface area contributed by atoms with Gasteiger partial charge in [-0.1, -0.05) is 13.8 Å². The van der Waals surface area contributed by atoms with Gasteiger partial charge >= 0.3 is 0 Å². The van der Waals surface area contributed by atoms with Crippen molar-refractivity contribution in [1.82, 2.24) is 0 Å². The lowest BCUT2D eigenvalue weighted by molar-refractivity contribution is 0.0939. The largest absolute Gasteiger partial charge is 0.458 e. The molecule has 0 aliphatic heterocycles. The first-order valence-electron chi connectivity index (χ1n) is 4.19. The highest BCUT2D eigenvalue weighted by atomic mass is 16.3. The molecule has 2 heteroatoms. The van der Waals surface area contributed by atoms with Crippen LogP contribution >= 0.6 is 0 Å². The van der Waals surface area contributed by atoms with E-state index in [-0.39, 0.29) is 5.78 Å². The molecule has 0 aromatic carbocycles. The fraction of sp³-hybridized carbons (Fsp3) is 0.500. The fourth-order valence-electron chi connectivity index (χ4n) is 1.06. The number of Topliss-reactive ketones (excluding diaryl/α,β-unsaturated/α-hetero) is 1. The Morgan fingerprint density at radius 1 is 1.50 bits per heavy atom. The number of hydrogen-bond acceptors (Lipinski definition) is 2. The number of furan rings is 1. The molecule has 1 heterocycles. The second-order valence-corrected chi connectivity index (χ2v) is 3.43. The third kappa shape index (κ3) is 2.22. The molecule has 0 fully saturated rings. The van der Waals surface area contributed by atoms with E-state index in [1.54, 1.807) is 6.07 Å². The summed E-state index contributed by atoms with van der Waals surface area (Å²) in [6, 6.07) is 3.55. The first-order valence-corrected chi connectivity index (χ1v) is 4.19. The number of carbonyl (C=O) groups is 1. The van der Waals surface area contributed by atoms with Crippen molar-refractivity contribution in [3.8, 4) is 0 Å². The van der Waals surface area contributed by atoms with E-state index < -0.39 is 0 Å². The minimum absolute atomic E-state index is 0.0955. The molecule has 1 aromatic rings. The Morgan fingerprint density at radius 3 is 2.58 bits per heavy atom. The molecule has 1 aromatic heterocycles. The van der Waals surface area contributed by atoms with Gasteiger partial charge in [-0.2, -0.15) is 0 Å².